The van der Waals surface area contributed by atoms with Gasteiger partial charge in [0.05, 0.1) is 0 Å². The largest absolute Gasteiger partial charge is 3.00 e. The van der Waals surface area contributed by atoms with Crippen LogP contribution in [0.1, 0.15) is 119 Å². The van der Waals surface area contributed by atoms with E-state index in [1.165, 1.54) is 11.1 Å². The topological polar surface area (TPSA) is 38.7 Å². The summed E-state index contributed by atoms with van der Waals surface area (Å²) in [7, 11) is 0. The fourth-order valence-electron chi connectivity index (χ4n) is 9.41. The quantitative estimate of drug-likeness (QED) is 0.102. The maximum Gasteiger partial charge on any atom is 3.00 e. The molecule has 0 amide bonds. The van der Waals surface area contributed by atoms with Crippen molar-refractivity contribution in [3.63, 3.8) is 0 Å². The van der Waals surface area contributed by atoms with Crippen LogP contribution < -0.4 is 0 Å². The Morgan fingerprint density at radius 2 is 0.781 bits per heavy atom. The number of aromatic nitrogens is 3. The first-order chi connectivity index (χ1) is 35.9. The van der Waals surface area contributed by atoms with E-state index in [9.17, 15) is 5.48 Å². The van der Waals surface area contributed by atoms with Gasteiger partial charge in [-0.25, -0.2) is 0 Å². The number of aryl methyl sites for hydroxylation is 2. The molecule has 6 aromatic carbocycles. The zero-order valence-corrected chi connectivity index (χ0v) is 46.3. The molecule has 0 saturated heterocycles. The Bertz CT molecular complexity index is 3330. The van der Waals surface area contributed by atoms with E-state index >= 15 is 0 Å². The molecule has 0 atom stereocenters. The first-order valence-electron chi connectivity index (χ1n) is 27.1. The predicted molar refractivity (Wildman–Crippen MR) is 301 cm³/mol. The van der Waals surface area contributed by atoms with Gasteiger partial charge in [0.2, 0.25) is 0 Å². The number of hydrogen-bond acceptors (Lipinski definition) is 3. The van der Waals surface area contributed by atoms with Crippen LogP contribution in [0.5, 0.6) is 0 Å². The summed E-state index contributed by atoms with van der Waals surface area (Å²) in [5.74, 6) is 0. The third-order valence-electron chi connectivity index (χ3n) is 13.9. The third kappa shape index (κ3) is 13.0. The van der Waals surface area contributed by atoms with Crippen molar-refractivity contribution in [1.29, 1.82) is 0 Å². The van der Waals surface area contributed by atoms with Crippen molar-refractivity contribution in [2.45, 2.75) is 116 Å². The minimum absolute atomic E-state index is 0. The normalized spacial score (nSPS) is 13.3. The molecule has 0 aliphatic rings. The van der Waals surface area contributed by atoms with Gasteiger partial charge in [-0.15, -0.1) is 106 Å². The van der Waals surface area contributed by atoms with Crippen LogP contribution in [0.15, 0.2) is 182 Å². The smallest absolute Gasteiger partial charge is 0.305 e. The molecule has 368 valence electrons. The molecule has 0 bridgehead atoms. The zero-order valence-electron chi connectivity index (χ0n) is 47.9. The van der Waals surface area contributed by atoms with Crippen LogP contribution >= 0.6 is 0 Å². The summed E-state index contributed by atoms with van der Waals surface area (Å²) in [6, 6.07) is 65.0. The molecule has 9 rings (SSSR count). The molecular weight excluding hydrogens is 1060 g/mol. The van der Waals surface area contributed by atoms with Gasteiger partial charge in [-0.1, -0.05) is 167 Å². The fraction of sp³-hybridized carbons (Fsp3) is 0.261. The maximum atomic E-state index is 9.76. The van der Waals surface area contributed by atoms with E-state index in [0.29, 0.717) is 24.1 Å². The summed E-state index contributed by atoms with van der Waals surface area (Å²) in [5, 5.41) is 0. The molecule has 0 radical (unpaired) electrons. The van der Waals surface area contributed by atoms with Gasteiger partial charge in [0, 0.05) is 24.1 Å². The van der Waals surface area contributed by atoms with E-state index in [1.54, 1.807) is 24.4 Å². The van der Waals surface area contributed by atoms with E-state index in [1.807, 2.05) is 54.9 Å². The number of hydrogen-bond donors (Lipinski definition) is 0. The molecule has 0 spiro atoms. The van der Waals surface area contributed by atoms with Crippen LogP contribution in [-0.2, 0) is 67.4 Å². The molecule has 0 fully saturated rings. The van der Waals surface area contributed by atoms with Crippen LogP contribution in [0.2, 0.25) is 0 Å². The molecule has 0 aliphatic heterocycles. The first kappa shape index (κ1) is 47.4. The van der Waals surface area contributed by atoms with Crippen LogP contribution in [0.3, 0.4) is 0 Å². The molecule has 0 saturated carbocycles. The summed E-state index contributed by atoms with van der Waals surface area (Å²) in [5.41, 5.74) is 15.5. The molecule has 0 N–H and O–H groups in total. The molecular formula is C69H68IrN3. The van der Waals surface area contributed by atoms with Crippen molar-refractivity contribution in [3.05, 3.63) is 245 Å². The Morgan fingerprint density at radius 3 is 1.23 bits per heavy atom. The van der Waals surface area contributed by atoms with E-state index in [-0.39, 0.29) is 42.1 Å². The average Bonchev–Trinajstić information content (AvgIpc) is 3.42. The molecule has 73 heavy (non-hydrogen) atoms. The van der Waals surface area contributed by atoms with Crippen LogP contribution in [0.4, 0.5) is 0 Å². The zero-order chi connectivity index (χ0) is 54.3. The summed E-state index contributed by atoms with van der Waals surface area (Å²) in [4.78, 5) is 14.0. The first-order valence-corrected chi connectivity index (χ1v) is 25.1. The van der Waals surface area contributed by atoms with Crippen LogP contribution in [0, 0.1) is 18.2 Å². The second kappa shape index (κ2) is 21.9. The summed E-state index contributed by atoms with van der Waals surface area (Å²) in [6.45, 7) is 22.0. The maximum absolute atomic E-state index is 9.76. The molecule has 0 unspecified atom stereocenters. The summed E-state index contributed by atoms with van der Waals surface area (Å²) >= 11 is 0. The Balaban J connectivity index is 0.00000784. The van der Waals surface area contributed by atoms with Crippen LogP contribution in [-0.4, -0.2) is 15.0 Å². The molecule has 3 aromatic heterocycles. The summed E-state index contributed by atoms with van der Waals surface area (Å²) < 4.78 is 38.7. The predicted octanol–water partition coefficient (Wildman–Crippen LogP) is 17.0. The van der Waals surface area contributed by atoms with Crippen molar-refractivity contribution >= 4 is 0 Å². The second-order valence-electron chi connectivity index (χ2n) is 22.6. The third-order valence-corrected chi connectivity index (χ3v) is 13.9. The van der Waals surface area contributed by atoms with Gasteiger partial charge in [-0.2, -0.15) is 0 Å². The summed E-state index contributed by atoms with van der Waals surface area (Å²) in [6.07, 6.45) is 1.78. The molecule has 3 nitrogen and oxygen atoms in total. The van der Waals surface area contributed by atoms with Gasteiger partial charge in [0.1, 0.15) is 0 Å². The van der Waals surface area contributed by atoms with Crippen molar-refractivity contribution in [2.24, 2.45) is 0 Å². The van der Waals surface area contributed by atoms with Gasteiger partial charge >= 0.3 is 20.1 Å². The van der Waals surface area contributed by atoms with Crippen LogP contribution in [0.25, 0.3) is 56.0 Å². The molecule has 4 heteroatoms. The van der Waals surface area contributed by atoms with Crippen molar-refractivity contribution in [3.8, 4) is 56.0 Å². The van der Waals surface area contributed by atoms with Gasteiger partial charge < -0.3 is 15.0 Å². The average molecular weight is 1140 g/mol. The standard InChI is InChI=1S/C69H68N3.Ir/c1-66(2,3)61-35-38-71-64(44-61)56-26-30-59(31-27-56)68(7,8)46-50-40-49(41-51(42-50)47-69(9,10)60-32-28-57(29-33-60)65-45-62(36-39-72-65)67(4,5)6)17-16-48-18-20-55(21-19-48)63-43-58(34-37-70-63)54-24-22-53(23-25-54)52-14-12-11-13-15-52;/h11-15,18-20,22-26,28,30-45H,16-17,46-47H2,1-10H3;/q-3;+3/i16D2,17D2;. The van der Waals surface area contributed by atoms with E-state index in [0.717, 1.165) is 67.0 Å². The number of benzene rings is 6. The van der Waals surface area contributed by atoms with Gasteiger partial charge in [-0.3, -0.25) is 0 Å². The van der Waals surface area contributed by atoms with Crippen molar-refractivity contribution < 1.29 is 25.6 Å². The number of pyridine rings is 3. The molecule has 0 aliphatic carbocycles. The Kier molecular flexibility index (Phi) is 14.2. The Labute approximate surface area is 455 Å². The van der Waals surface area contributed by atoms with Gasteiger partial charge in [0.25, 0.3) is 0 Å². The van der Waals surface area contributed by atoms with Crippen molar-refractivity contribution in [1.82, 2.24) is 15.0 Å². The molecule has 3 heterocycles. The van der Waals surface area contributed by atoms with Gasteiger partial charge in [0.15, 0.2) is 0 Å². The van der Waals surface area contributed by atoms with E-state index < -0.39 is 23.6 Å². The van der Waals surface area contributed by atoms with Crippen molar-refractivity contribution in [2.75, 3.05) is 0 Å². The SMILES string of the molecule is [2H]C([2H])(c1c[c-]c(-c2cc(-c3ccc(-c4ccccc4)cc3)ccn2)cc1)C([2H])([2H])c1cc(CC(C)(C)c2c[c-]c(-c3cc(C(C)(C)C)ccn3)cc2)cc(CC(C)(C)c2c[c-]c(-c3cc(C(C)(C)C)ccn3)cc2)c1.[Ir+3]. The minimum atomic E-state index is -2.44. The monoisotopic (exact) mass is 1140 g/mol. The number of nitrogens with zero attached hydrogens (tertiary/aromatic N) is 3. The number of rotatable bonds is 14. The minimum Gasteiger partial charge on any atom is -0.305 e. The van der Waals surface area contributed by atoms with E-state index in [4.69, 9.17) is 0 Å². The Morgan fingerprint density at radius 1 is 0.370 bits per heavy atom. The van der Waals surface area contributed by atoms with Gasteiger partial charge in [-0.05, 0) is 126 Å². The second-order valence-corrected chi connectivity index (χ2v) is 22.6. The Hall–Kier alpha value is -6.58. The molecule has 9 aromatic rings. The fourth-order valence-corrected chi connectivity index (χ4v) is 9.41. The van der Waals surface area contributed by atoms with E-state index in [2.05, 4.69) is 206 Å².